The summed E-state index contributed by atoms with van der Waals surface area (Å²) in [7, 11) is 0. The normalized spacial score (nSPS) is 10.9. The quantitative estimate of drug-likeness (QED) is 0.688. The van der Waals surface area contributed by atoms with Crippen LogP contribution in [0.25, 0.3) is 10.1 Å². The number of anilines is 1. The zero-order valence-electron chi connectivity index (χ0n) is 6.75. The molecular formula is C9H8FNOS. The van der Waals surface area contributed by atoms with E-state index in [0.717, 1.165) is 21.4 Å². The maximum absolute atomic E-state index is 13.2. The molecule has 0 saturated heterocycles. The standard InChI is InChI=1S/C9H8FNOS/c10-9-7(4-12)6-2-1-5(11)3-8(6)13-9/h1-3,12H,4,11H2. The summed E-state index contributed by atoms with van der Waals surface area (Å²) in [5.41, 5.74) is 6.52. The average molecular weight is 197 g/mol. The van der Waals surface area contributed by atoms with Crippen LogP contribution in [0.1, 0.15) is 5.56 Å². The Bertz CT molecular complexity index is 452. The van der Waals surface area contributed by atoms with Crippen molar-refractivity contribution in [2.45, 2.75) is 6.61 Å². The molecule has 0 radical (unpaired) electrons. The van der Waals surface area contributed by atoms with E-state index >= 15 is 0 Å². The lowest BCUT2D eigenvalue weighted by Gasteiger charge is -1.94. The molecule has 0 atom stereocenters. The van der Waals surface area contributed by atoms with Crippen LogP contribution in [-0.2, 0) is 6.61 Å². The number of fused-ring (bicyclic) bond motifs is 1. The van der Waals surface area contributed by atoms with Gasteiger partial charge in [-0.3, -0.25) is 0 Å². The molecule has 0 unspecified atom stereocenters. The van der Waals surface area contributed by atoms with Gasteiger partial charge in [0, 0.05) is 21.3 Å². The van der Waals surface area contributed by atoms with Crippen molar-refractivity contribution < 1.29 is 9.50 Å². The molecule has 0 spiro atoms. The minimum atomic E-state index is -0.330. The SMILES string of the molecule is Nc1ccc2c(CO)c(F)sc2c1. The van der Waals surface area contributed by atoms with Crippen molar-refractivity contribution in [2.75, 3.05) is 5.73 Å². The Balaban J connectivity index is 2.79. The van der Waals surface area contributed by atoms with E-state index in [1.54, 1.807) is 18.2 Å². The van der Waals surface area contributed by atoms with Gasteiger partial charge in [-0.1, -0.05) is 6.07 Å². The third kappa shape index (κ3) is 1.28. The number of halogens is 1. The molecule has 1 aromatic heterocycles. The molecule has 2 nitrogen and oxygen atoms in total. The van der Waals surface area contributed by atoms with Gasteiger partial charge in [0.2, 0.25) is 0 Å². The van der Waals surface area contributed by atoms with Gasteiger partial charge < -0.3 is 10.8 Å². The molecule has 4 heteroatoms. The van der Waals surface area contributed by atoms with Crippen molar-refractivity contribution in [1.82, 2.24) is 0 Å². The van der Waals surface area contributed by atoms with Crippen molar-refractivity contribution in [2.24, 2.45) is 0 Å². The molecule has 0 saturated carbocycles. The Morgan fingerprint density at radius 1 is 1.46 bits per heavy atom. The highest BCUT2D eigenvalue weighted by Crippen LogP contribution is 2.31. The van der Waals surface area contributed by atoms with Crippen molar-refractivity contribution >= 4 is 27.1 Å². The highest BCUT2D eigenvalue weighted by molar-refractivity contribution is 7.17. The van der Waals surface area contributed by atoms with Crippen molar-refractivity contribution in [3.63, 3.8) is 0 Å². The summed E-state index contributed by atoms with van der Waals surface area (Å²) in [6.07, 6.45) is 0. The fourth-order valence-corrected chi connectivity index (χ4v) is 2.27. The average Bonchev–Trinajstić information content (AvgIpc) is 2.39. The maximum Gasteiger partial charge on any atom is 0.183 e. The molecule has 0 aliphatic carbocycles. The number of nitrogens with two attached hydrogens (primary N) is 1. The number of aliphatic hydroxyl groups is 1. The van der Waals surface area contributed by atoms with Crippen LogP contribution in [0.5, 0.6) is 0 Å². The number of rotatable bonds is 1. The van der Waals surface area contributed by atoms with Gasteiger partial charge in [0.1, 0.15) is 0 Å². The zero-order valence-corrected chi connectivity index (χ0v) is 7.57. The fraction of sp³-hybridized carbons (Fsp3) is 0.111. The molecule has 0 aliphatic heterocycles. The van der Waals surface area contributed by atoms with E-state index in [4.69, 9.17) is 10.8 Å². The first-order valence-corrected chi connectivity index (χ1v) is 4.61. The smallest absolute Gasteiger partial charge is 0.183 e. The first kappa shape index (κ1) is 8.47. The molecule has 2 rings (SSSR count). The van der Waals surface area contributed by atoms with E-state index in [2.05, 4.69) is 0 Å². The van der Waals surface area contributed by atoms with Crippen molar-refractivity contribution in [3.8, 4) is 0 Å². The molecular weight excluding hydrogens is 189 g/mol. The number of thiophene rings is 1. The molecule has 0 amide bonds. The van der Waals surface area contributed by atoms with Gasteiger partial charge in [-0.25, -0.2) is 0 Å². The monoisotopic (exact) mass is 197 g/mol. The second kappa shape index (κ2) is 2.97. The fourth-order valence-electron chi connectivity index (χ4n) is 1.28. The number of hydrogen-bond donors (Lipinski definition) is 2. The van der Waals surface area contributed by atoms with E-state index in [-0.39, 0.29) is 11.7 Å². The number of aliphatic hydroxyl groups excluding tert-OH is 1. The predicted molar refractivity (Wildman–Crippen MR) is 52.1 cm³/mol. The van der Waals surface area contributed by atoms with Gasteiger partial charge in [0.05, 0.1) is 6.61 Å². The molecule has 0 fully saturated rings. The summed E-state index contributed by atoms with van der Waals surface area (Å²) in [5.74, 6) is 0. The first-order chi connectivity index (χ1) is 6.22. The van der Waals surface area contributed by atoms with Crippen LogP contribution < -0.4 is 5.73 Å². The Kier molecular flexibility index (Phi) is 1.94. The van der Waals surface area contributed by atoms with Gasteiger partial charge in [-0.05, 0) is 12.1 Å². The highest BCUT2D eigenvalue weighted by atomic mass is 32.1. The summed E-state index contributed by atoms with van der Waals surface area (Å²) in [6.45, 7) is -0.268. The second-order valence-corrected chi connectivity index (χ2v) is 3.77. The van der Waals surface area contributed by atoms with Gasteiger partial charge in [-0.2, -0.15) is 4.39 Å². The molecule has 1 aromatic carbocycles. The third-order valence-electron chi connectivity index (χ3n) is 1.93. The molecule has 1 heterocycles. The molecule has 3 N–H and O–H groups in total. The topological polar surface area (TPSA) is 46.2 Å². The Labute approximate surface area is 78.4 Å². The van der Waals surface area contributed by atoms with Gasteiger partial charge in [0.15, 0.2) is 5.13 Å². The number of nitrogen functional groups attached to an aromatic ring is 1. The van der Waals surface area contributed by atoms with E-state index < -0.39 is 0 Å². The largest absolute Gasteiger partial charge is 0.399 e. The maximum atomic E-state index is 13.2. The van der Waals surface area contributed by atoms with Crippen LogP contribution in [0, 0.1) is 5.13 Å². The Morgan fingerprint density at radius 3 is 2.92 bits per heavy atom. The van der Waals surface area contributed by atoms with Crippen molar-refractivity contribution in [3.05, 3.63) is 28.9 Å². The lowest BCUT2D eigenvalue weighted by atomic mass is 10.2. The molecule has 0 bridgehead atoms. The summed E-state index contributed by atoms with van der Waals surface area (Å²) in [4.78, 5) is 0. The van der Waals surface area contributed by atoms with Crippen LogP contribution >= 0.6 is 11.3 Å². The van der Waals surface area contributed by atoms with E-state index in [9.17, 15) is 4.39 Å². The number of hydrogen-bond acceptors (Lipinski definition) is 3. The molecule has 68 valence electrons. The van der Waals surface area contributed by atoms with Crippen LogP contribution in [0.15, 0.2) is 18.2 Å². The number of benzene rings is 1. The minimum Gasteiger partial charge on any atom is -0.399 e. The van der Waals surface area contributed by atoms with E-state index in [1.165, 1.54) is 0 Å². The first-order valence-electron chi connectivity index (χ1n) is 3.79. The second-order valence-electron chi connectivity index (χ2n) is 2.77. The summed E-state index contributed by atoms with van der Waals surface area (Å²) in [6, 6.07) is 5.14. The van der Waals surface area contributed by atoms with E-state index in [1.807, 2.05) is 0 Å². The van der Waals surface area contributed by atoms with Gasteiger partial charge in [-0.15, -0.1) is 11.3 Å². The van der Waals surface area contributed by atoms with Crippen LogP contribution in [0.2, 0.25) is 0 Å². The molecule has 2 aromatic rings. The predicted octanol–water partition coefficient (Wildman–Crippen LogP) is 2.11. The van der Waals surface area contributed by atoms with Gasteiger partial charge in [0.25, 0.3) is 0 Å². The zero-order chi connectivity index (χ0) is 9.42. The van der Waals surface area contributed by atoms with Crippen LogP contribution in [0.4, 0.5) is 10.1 Å². The molecule has 13 heavy (non-hydrogen) atoms. The van der Waals surface area contributed by atoms with E-state index in [0.29, 0.717) is 11.3 Å². The van der Waals surface area contributed by atoms with Crippen LogP contribution in [-0.4, -0.2) is 5.11 Å². The Morgan fingerprint density at radius 2 is 2.23 bits per heavy atom. The van der Waals surface area contributed by atoms with Crippen LogP contribution in [0.3, 0.4) is 0 Å². The highest BCUT2D eigenvalue weighted by Gasteiger charge is 2.10. The summed E-state index contributed by atoms with van der Waals surface area (Å²) >= 11 is 1.01. The lowest BCUT2D eigenvalue weighted by Crippen LogP contribution is -1.85. The summed E-state index contributed by atoms with van der Waals surface area (Å²) in [5, 5.41) is 9.33. The third-order valence-corrected chi connectivity index (χ3v) is 2.91. The molecule has 0 aliphatic rings. The Hall–Kier alpha value is -1.13. The lowest BCUT2D eigenvalue weighted by molar-refractivity contribution is 0.279. The minimum absolute atomic E-state index is 0.268. The summed E-state index contributed by atoms with van der Waals surface area (Å²) < 4.78 is 13.9. The van der Waals surface area contributed by atoms with Crippen molar-refractivity contribution in [1.29, 1.82) is 0 Å². The van der Waals surface area contributed by atoms with Gasteiger partial charge >= 0.3 is 0 Å².